The first-order valence-corrected chi connectivity index (χ1v) is 19.5. The summed E-state index contributed by atoms with van der Waals surface area (Å²) in [6, 6.07) is 65.4. The van der Waals surface area contributed by atoms with E-state index in [-0.39, 0.29) is 0 Å². The van der Waals surface area contributed by atoms with Crippen LogP contribution in [-0.4, -0.2) is 24.5 Å². The Kier molecular flexibility index (Phi) is 7.60. The number of hydrogen-bond acceptors (Lipinski definition) is 5. The molecule has 0 fully saturated rings. The molecule has 0 N–H and O–H groups in total. The standard InChI is InChI=1S/C50H31N5S/c1-5-15-33(16-6-1)44-43-45-47(56-46(43)39-23-13-14-24-41(39)51-44)40-31-37(29-30-42(40)55(45)38-21-11-4-12-22-38)32-25-27-36(28-26-32)50-53-48(34-17-7-2-8-18-34)52-49(54-50)35-19-9-3-10-20-35/h1-31H. The van der Waals surface area contributed by atoms with Gasteiger partial charge in [-0.1, -0.05) is 158 Å². The molecule has 0 aliphatic rings. The van der Waals surface area contributed by atoms with Gasteiger partial charge in [-0.25, -0.2) is 19.9 Å². The molecule has 262 valence electrons. The number of pyridine rings is 1. The van der Waals surface area contributed by atoms with Crippen molar-refractivity contribution in [1.29, 1.82) is 0 Å². The number of hydrogen-bond donors (Lipinski definition) is 0. The summed E-state index contributed by atoms with van der Waals surface area (Å²) in [4.78, 5) is 20.1. The summed E-state index contributed by atoms with van der Waals surface area (Å²) >= 11 is 1.86. The zero-order valence-electron chi connectivity index (χ0n) is 30.0. The predicted octanol–water partition coefficient (Wildman–Crippen LogP) is 13.1. The second-order valence-electron chi connectivity index (χ2n) is 13.8. The largest absolute Gasteiger partial charge is 0.308 e. The van der Waals surface area contributed by atoms with E-state index in [2.05, 4.69) is 132 Å². The highest BCUT2D eigenvalue weighted by molar-refractivity contribution is 7.27. The molecular formula is C50H31N5S. The van der Waals surface area contributed by atoms with Crippen LogP contribution in [0.1, 0.15) is 0 Å². The summed E-state index contributed by atoms with van der Waals surface area (Å²) in [5, 5.41) is 3.57. The van der Waals surface area contributed by atoms with E-state index in [1.54, 1.807) is 0 Å². The minimum atomic E-state index is 0.640. The number of benzene rings is 7. The first-order chi connectivity index (χ1) is 27.8. The molecule has 7 aromatic carbocycles. The molecule has 0 bridgehead atoms. The van der Waals surface area contributed by atoms with Gasteiger partial charge in [-0.05, 0) is 41.5 Å². The van der Waals surface area contributed by atoms with Gasteiger partial charge in [0.15, 0.2) is 17.5 Å². The number of fused-ring (bicyclic) bond motifs is 7. The van der Waals surface area contributed by atoms with E-state index in [0.717, 1.165) is 50.3 Å². The minimum Gasteiger partial charge on any atom is -0.308 e. The van der Waals surface area contributed by atoms with E-state index in [9.17, 15) is 0 Å². The fraction of sp³-hybridized carbons (Fsp3) is 0. The molecule has 4 heterocycles. The lowest BCUT2D eigenvalue weighted by Gasteiger charge is -2.11. The van der Waals surface area contributed by atoms with Gasteiger partial charge < -0.3 is 4.57 Å². The third kappa shape index (κ3) is 5.38. The summed E-state index contributed by atoms with van der Waals surface area (Å²) in [6.07, 6.45) is 0. The lowest BCUT2D eigenvalue weighted by Crippen LogP contribution is -2.00. The van der Waals surface area contributed by atoms with Crippen LogP contribution >= 0.6 is 11.3 Å². The first-order valence-electron chi connectivity index (χ1n) is 18.6. The summed E-state index contributed by atoms with van der Waals surface area (Å²) in [5.74, 6) is 1.94. The van der Waals surface area contributed by atoms with Crippen LogP contribution in [0.3, 0.4) is 0 Å². The highest BCUT2D eigenvalue weighted by Gasteiger charge is 2.23. The van der Waals surface area contributed by atoms with Crippen LogP contribution in [0.2, 0.25) is 0 Å². The van der Waals surface area contributed by atoms with Gasteiger partial charge in [0.2, 0.25) is 0 Å². The van der Waals surface area contributed by atoms with Gasteiger partial charge in [0.25, 0.3) is 0 Å². The Balaban J connectivity index is 1.09. The number of nitrogens with zero attached hydrogens (tertiary/aromatic N) is 5. The zero-order chi connectivity index (χ0) is 37.0. The molecular weight excluding hydrogens is 703 g/mol. The molecule has 0 spiro atoms. The number of rotatable bonds is 6. The fourth-order valence-electron chi connectivity index (χ4n) is 7.78. The molecule has 0 saturated carbocycles. The van der Waals surface area contributed by atoms with Crippen LogP contribution in [0, 0.1) is 0 Å². The molecule has 0 amide bonds. The molecule has 5 nitrogen and oxygen atoms in total. The second kappa shape index (κ2) is 13.2. The van der Waals surface area contributed by atoms with Crippen LogP contribution in [0.5, 0.6) is 0 Å². The van der Waals surface area contributed by atoms with Crippen LogP contribution in [0.4, 0.5) is 0 Å². The van der Waals surface area contributed by atoms with Crippen LogP contribution in [0.15, 0.2) is 188 Å². The quantitative estimate of drug-likeness (QED) is 0.171. The topological polar surface area (TPSA) is 56.5 Å². The van der Waals surface area contributed by atoms with Crippen LogP contribution in [0.25, 0.3) is 104 Å². The Bertz CT molecular complexity index is 3150. The molecule has 4 aromatic heterocycles. The molecule has 0 aliphatic carbocycles. The predicted molar refractivity (Wildman–Crippen MR) is 232 cm³/mol. The highest BCUT2D eigenvalue weighted by Crippen LogP contribution is 2.48. The van der Waals surface area contributed by atoms with Crippen molar-refractivity contribution in [3.05, 3.63) is 188 Å². The number of para-hydroxylation sites is 2. The second-order valence-corrected chi connectivity index (χ2v) is 14.9. The van der Waals surface area contributed by atoms with Crippen molar-refractivity contribution < 1.29 is 0 Å². The number of aromatic nitrogens is 5. The smallest absolute Gasteiger partial charge is 0.164 e. The Hall–Kier alpha value is -7.28. The molecule has 0 aliphatic heterocycles. The number of thiophene rings is 1. The molecule has 0 unspecified atom stereocenters. The molecule has 56 heavy (non-hydrogen) atoms. The molecule has 11 aromatic rings. The maximum atomic E-state index is 5.32. The van der Waals surface area contributed by atoms with Crippen molar-refractivity contribution in [3.8, 4) is 62.2 Å². The Morgan fingerprint density at radius 1 is 0.375 bits per heavy atom. The molecule has 11 rings (SSSR count). The van der Waals surface area contributed by atoms with Gasteiger partial charge in [-0.2, -0.15) is 0 Å². The van der Waals surface area contributed by atoms with Gasteiger partial charge in [-0.3, -0.25) is 0 Å². The maximum Gasteiger partial charge on any atom is 0.164 e. The minimum absolute atomic E-state index is 0.640. The van der Waals surface area contributed by atoms with Crippen molar-refractivity contribution in [3.63, 3.8) is 0 Å². The maximum absolute atomic E-state index is 5.32. The Morgan fingerprint density at radius 2 is 0.875 bits per heavy atom. The molecule has 0 atom stereocenters. The highest BCUT2D eigenvalue weighted by atomic mass is 32.1. The van der Waals surface area contributed by atoms with Crippen molar-refractivity contribution in [2.75, 3.05) is 0 Å². The van der Waals surface area contributed by atoms with Crippen LogP contribution in [-0.2, 0) is 0 Å². The normalized spacial score (nSPS) is 11.6. The molecule has 0 radical (unpaired) electrons. The van der Waals surface area contributed by atoms with E-state index in [1.807, 2.05) is 72.0 Å². The SMILES string of the molecule is c1ccc(-c2nc(-c3ccccc3)nc(-c3ccc(-c4ccc5c(c4)c4sc6c7ccccc7nc(-c7ccccc7)c6c4n5-c4ccccc4)cc3)n2)cc1. The van der Waals surface area contributed by atoms with Gasteiger partial charge in [0, 0.05) is 48.8 Å². The van der Waals surface area contributed by atoms with Gasteiger partial charge >= 0.3 is 0 Å². The third-order valence-electron chi connectivity index (χ3n) is 10.4. The van der Waals surface area contributed by atoms with Crippen molar-refractivity contribution in [2.24, 2.45) is 0 Å². The summed E-state index contributed by atoms with van der Waals surface area (Å²) < 4.78 is 4.93. The fourth-order valence-corrected chi connectivity index (χ4v) is 9.13. The zero-order valence-corrected chi connectivity index (χ0v) is 30.9. The summed E-state index contributed by atoms with van der Waals surface area (Å²) in [5.41, 5.74) is 11.7. The lowest BCUT2D eigenvalue weighted by molar-refractivity contribution is 1.07. The van der Waals surface area contributed by atoms with Gasteiger partial charge in [-0.15, -0.1) is 11.3 Å². The summed E-state index contributed by atoms with van der Waals surface area (Å²) in [6.45, 7) is 0. The van der Waals surface area contributed by atoms with E-state index in [4.69, 9.17) is 19.9 Å². The van der Waals surface area contributed by atoms with E-state index in [0.29, 0.717) is 17.5 Å². The average Bonchev–Trinajstić information content (AvgIpc) is 3.82. The monoisotopic (exact) mass is 733 g/mol. The van der Waals surface area contributed by atoms with Crippen LogP contribution < -0.4 is 0 Å². The molecule has 6 heteroatoms. The van der Waals surface area contributed by atoms with Crippen molar-refractivity contribution in [2.45, 2.75) is 0 Å². The third-order valence-corrected chi connectivity index (χ3v) is 11.7. The van der Waals surface area contributed by atoms with E-state index < -0.39 is 0 Å². The van der Waals surface area contributed by atoms with E-state index >= 15 is 0 Å². The van der Waals surface area contributed by atoms with Gasteiger partial charge in [0.05, 0.1) is 26.9 Å². The summed E-state index contributed by atoms with van der Waals surface area (Å²) in [7, 11) is 0. The molecule has 0 saturated heterocycles. The van der Waals surface area contributed by atoms with E-state index in [1.165, 1.54) is 36.6 Å². The Morgan fingerprint density at radius 3 is 1.50 bits per heavy atom. The average molecular weight is 734 g/mol. The van der Waals surface area contributed by atoms with Crippen molar-refractivity contribution >= 4 is 53.4 Å². The first kappa shape index (κ1) is 32.2. The van der Waals surface area contributed by atoms with Crippen molar-refractivity contribution in [1.82, 2.24) is 24.5 Å². The lowest BCUT2D eigenvalue weighted by atomic mass is 10.0. The van der Waals surface area contributed by atoms with Gasteiger partial charge in [0.1, 0.15) is 0 Å². The Labute approximate surface area is 326 Å².